The SMILES string of the molecule is NCCN(CCN)c1ncc(C[C@H](N)C(=O)N[C@@H](CCc2ccc(C(F)(F)F)cc2)C(=O)Nc2cnc3ccccc3c2)[nH]1. The number of aromatic nitrogens is 3. The van der Waals surface area contributed by atoms with Crippen LogP contribution in [0.5, 0.6) is 0 Å². The molecule has 0 aliphatic rings. The first-order valence-corrected chi connectivity index (χ1v) is 14.1. The molecule has 0 bridgehead atoms. The first kappa shape index (κ1) is 32.4. The zero-order chi connectivity index (χ0) is 31.7. The largest absolute Gasteiger partial charge is 0.416 e. The number of hydrogen-bond acceptors (Lipinski definition) is 8. The van der Waals surface area contributed by atoms with Crippen molar-refractivity contribution in [1.82, 2.24) is 20.3 Å². The number of H-pyrrole nitrogens is 1. The number of alkyl halides is 3. The van der Waals surface area contributed by atoms with Crippen molar-refractivity contribution in [2.24, 2.45) is 17.2 Å². The first-order valence-electron chi connectivity index (χ1n) is 14.1. The van der Waals surface area contributed by atoms with Gasteiger partial charge in [-0.3, -0.25) is 14.6 Å². The Hall–Kier alpha value is -4.53. The van der Waals surface area contributed by atoms with Crippen molar-refractivity contribution >= 4 is 34.4 Å². The highest BCUT2D eigenvalue weighted by Gasteiger charge is 2.30. The normalized spacial score (nSPS) is 13.0. The highest BCUT2D eigenvalue weighted by Crippen LogP contribution is 2.29. The lowest BCUT2D eigenvalue weighted by molar-refractivity contribution is -0.137. The molecule has 0 radical (unpaired) electrons. The minimum Gasteiger partial charge on any atom is -0.343 e. The maximum Gasteiger partial charge on any atom is 0.416 e. The van der Waals surface area contributed by atoms with Crippen LogP contribution in [0, 0.1) is 0 Å². The maximum atomic E-state index is 13.4. The number of rotatable bonds is 14. The molecule has 234 valence electrons. The lowest BCUT2D eigenvalue weighted by Gasteiger charge is -2.21. The molecule has 44 heavy (non-hydrogen) atoms. The number of aryl methyl sites for hydroxylation is 1. The van der Waals surface area contributed by atoms with E-state index in [0.717, 1.165) is 23.0 Å². The summed E-state index contributed by atoms with van der Waals surface area (Å²) in [5.41, 5.74) is 19.2. The fourth-order valence-corrected chi connectivity index (χ4v) is 4.66. The summed E-state index contributed by atoms with van der Waals surface area (Å²) in [5.74, 6) is -0.537. The van der Waals surface area contributed by atoms with Crippen molar-refractivity contribution in [2.75, 3.05) is 36.4 Å². The van der Waals surface area contributed by atoms with Gasteiger partial charge in [-0.1, -0.05) is 30.3 Å². The van der Waals surface area contributed by atoms with E-state index >= 15 is 0 Å². The molecule has 2 aromatic heterocycles. The second-order valence-electron chi connectivity index (χ2n) is 10.3. The number of amides is 2. The monoisotopic (exact) mass is 611 g/mol. The predicted octanol–water partition coefficient (Wildman–Crippen LogP) is 2.33. The van der Waals surface area contributed by atoms with Crippen LogP contribution in [0.1, 0.15) is 23.2 Å². The molecule has 2 atom stereocenters. The number of hydrogen-bond donors (Lipinski definition) is 6. The summed E-state index contributed by atoms with van der Waals surface area (Å²) >= 11 is 0. The van der Waals surface area contributed by atoms with Gasteiger partial charge >= 0.3 is 6.18 Å². The van der Waals surface area contributed by atoms with Crippen molar-refractivity contribution in [3.05, 3.63) is 83.8 Å². The Morgan fingerprint density at radius 2 is 1.66 bits per heavy atom. The van der Waals surface area contributed by atoms with Crippen LogP contribution in [-0.4, -0.2) is 65.0 Å². The topological polar surface area (TPSA) is 181 Å². The molecule has 4 rings (SSSR count). The average molecular weight is 612 g/mol. The van der Waals surface area contributed by atoms with Crippen LogP contribution in [-0.2, 0) is 28.6 Å². The second-order valence-corrected chi connectivity index (χ2v) is 10.3. The maximum absolute atomic E-state index is 13.4. The van der Waals surface area contributed by atoms with Crippen LogP contribution < -0.4 is 32.7 Å². The molecule has 4 aromatic rings. The van der Waals surface area contributed by atoms with Crippen molar-refractivity contribution < 1.29 is 22.8 Å². The summed E-state index contributed by atoms with van der Waals surface area (Å²) in [6, 6.07) is 11.8. The van der Waals surface area contributed by atoms with Gasteiger partial charge in [0.25, 0.3) is 0 Å². The fourth-order valence-electron chi connectivity index (χ4n) is 4.66. The molecule has 0 aliphatic heterocycles. The molecule has 0 fully saturated rings. The lowest BCUT2D eigenvalue weighted by atomic mass is 10.0. The fraction of sp³-hybridized carbons (Fsp3) is 0.333. The van der Waals surface area contributed by atoms with Crippen LogP contribution in [0.15, 0.2) is 67.0 Å². The van der Waals surface area contributed by atoms with Crippen molar-refractivity contribution in [3.8, 4) is 0 Å². The number of fused-ring (bicyclic) bond motifs is 1. The van der Waals surface area contributed by atoms with Gasteiger partial charge in [-0.05, 0) is 42.7 Å². The highest BCUT2D eigenvalue weighted by atomic mass is 19.4. The zero-order valence-electron chi connectivity index (χ0n) is 24.0. The molecule has 0 saturated heterocycles. The number of nitrogens with zero attached hydrogens (tertiary/aromatic N) is 3. The van der Waals surface area contributed by atoms with E-state index in [0.29, 0.717) is 49.1 Å². The molecular weight excluding hydrogens is 575 g/mol. The Labute approximate surface area is 252 Å². The second kappa shape index (κ2) is 14.8. The Kier molecular flexibility index (Phi) is 10.9. The molecule has 11 nitrogen and oxygen atoms in total. The number of nitrogens with two attached hydrogens (primary N) is 3. The molecule has 0 unspecified atom stereocenters. The standard InChI is InChI=1S/C30H36F3N9O2/c31-30(32,33)21-8-5-19(6-9-21)7-10-26(28(44)39-22-15-20-3-1-2-4-25(20)37-17-22)41-27(43)24(36)16-23-18-38-29(40-23)42(13-11-34)14-12-35/h1-6,8-9,15,17-18,24,26H,7,10-14,16,34-36H2,(H,38,40)(H,39,44)(H,41,43)/t24-,26-/m0/s1. The van der Waals surface area contributed by atoms with Crippen LogP contribution in [0.2, 0.25) is 0 Å². The summed E-state index contributed by atoms with van der Waals surface area (Å²) < 4.78 is 39.0. The Morgan fingerprint density at radius 1 is 0.955 bits per heavy atom. The van der Waals surface area contributed by atoms with Gasteiger partial charge in [-0.15, -0.1) is 0 Å². The number of pyridine rings is 1. The summed E-state index contributed by atoms with van der Waals surface area (Å²) in [4.78, 5) is 40.3. The number of aromatic amines is 1. The smallest absolute Gasteiger partial charge is 0.343 e. The van der Waals surface area contributed by atoms with Gasteiger partial charge in [0.2, 0.25) is 17.8 Å². The van der Waals surface area contributed by atoms with E-state index in [2.05, 4.69) is 25.6 Å². The van der Waals surface area contributed by atoms with Crippen molar-refractivity contribution in [1.29, 1.82) is 0 Å². The highest BCUT2D eigenvalue weighted by molar-refractivity contribution is 5.99. The third-order valence-corrected chi connectivity index (χ3v) is 6.98. The van der Waals surface area contributed by atoms with E-state index < -0.39 is 35.6 Å². The van der Waals surface area contributed by atoms with Crippen LogP contribution in [0.4, 0.5) is 24.8 Å². The van der Waals surface area contributed by atoms with Gasteiger partial charge in [-0.25, -0.2) is 4.98 Å². The minimum atomic E-state index is -4.46. The number of benzene rings is 2. The predicted molar refractivity (Wildman–Crippen MR) is 163 cm³/mol. The number of halogens is 3. The molecule has 0 saturated carbocycles. The number of anilines is 2. The molecule has 9 N–H and O–H groups in total. The molecule has 2 aromatic carbocycles. The summed E-state index contributed by atoms with van der Waals surface area (Å²) in [6.45, 7) is 1.89. The van der Waals surface area contributed by atoms with Crippen LogP contribution in [0.25, 0.3) is 10.9 Å². The van der Waals surface area contributed by atoms with Gasteiger partial charge in [0.15, 0.2) is 0 Å². The quantitative estimate of drug-likeness (QED) is 0.126. The molecule has 14 heteroatoms. The molecule has 2 amide bonds. The molecule has 0 aliphatic carbocycles. The van der Waals surface area contributed by atoms with E-state index in [9.17, 15) is 22.8 Å². The molecule has 0 spiro atoms. The zero-order valence-corrected chi connectivity index (χ0v) is 24.0. The Morgan fingerprint density at radius 3 is 2.34 bits per heavy atom. The van der Waals surface area contributed by atoms with E-state index in [1.165, 1.54) is 18.3 Å². The number of carbonyl (C=O) groups is 2. The van der Waals surface area contributed by atoms with Gasteiger partial charge < -0.3 is 37.7 Å². The molecule has 2 heterocycles. The first-order chi connectivity index (χ1) is 21.1. The number of carbonyl (C=O) groups excluding carboxylic acids is 2. The number of para-hydroxylation sites is 1. The summed E-state index contributed by atoms with van der Waals surface area (Å²) in [6.07, 6.45) is -0.928. The third-order valence-electron chi connectivity index (χ3n) is 6.98. The minimum absolute atomic E-state index is 0.109. The number of nitrogens with one attached hydrogen (secondary N) is 3. The Balaban J connectivity index is 1.46. The average Bonchev–Trinajstić information content (AvgIpc) is 3.47. The van der Waals surface area contributed by atoms with E-state index in [4.69, 9.17) is 17.2 Å². The van der Waals surface area contributed by atoms with Crippen LogP contribution in [0.3, 0.4) is 0 Å². The van der Waals surface area contributed by atoms with Gasteiger partial charge in [0.1, 0.15) is 6.04 Å². The van der Waals surface area contributed by atoms with Gasteiger partial charge in [0.05, 0.1) is 35.2 Å². The van der Waals surface area contributed by atoms with Crippen molar-refractivity contribution in [2.45, 2.75) is 37.5 Å². The lowest BCUT2D eigenvalue weighted by Crippen LogP contribution is -2.50. The van der Waals surface area contributed by atoms with Gasteiger partial charge in [-0.2, -0.15) is 13.2 Å². The third kappa shape index (κ3) is 8.75. The summed E-state index contributed by atoms with van der Waals surface area (Å²) in [7, 11) is 0. The van der Waals surface area contributed by atoms with E-state index in [1.807, 2.05) is 29.2 Å². The Bertz CT molecular complexity index is 1540. The number of imidazole rings is 1. The van der Waals surface area contributed by atoms with E-state index in [1.54, 1.807) is 12.3 Å². The van der Waals surface area contributed by atoms with Crippen LogP contribution >= 0.6 is 0 Å². The molecular formula is C30H36F3N9O2. The van der Waals surface area contributed by atoms with Gasteiger partial charge in [0, 0.05) is 43.7 Å². The summed E-state index contributed by atoms with van der Waals surface area (Å²) in [5, 5.41) is 6.31. The van der Waals surface area contributed by atoms with Crippen molar-refractivity contribution in [3.63, 3.8) is 0 Å². The van der Waals surface area contributed by atoms with E-state index in [-0.39, 0.29) is 19.3 Å².